The van der Waals surface area contributed by atoms with Gasteiger partial charge in [0.15, 0.2) is 0 Å². The first kappa shape index (κ1) is 48.7. The average molecular weight is 916 g/mol. The van der Waals surface area contributed by atoms with Crippen LogP contribution in [0.1, 0.15) is 143 Å². The number of rotatable bonds is 16. The number of hydrogen-bond donors (Lipinski definition) is 0. The van der Waals surface area contributed by atoms with Crippen LogP contribution < -0.4 is 20.4 Å². The predicted octanol–water partition coefficient (Wildman–Crippen LogP) is 5.19. The Bertz CT molecular complexity index is 1350. The number of aromatic carboxylic acids is 4. The van der Waals surface area contributed by atoms with E-state index in [1.807, 2.05) is 48.5 Å². The van der Waals surface area contributed by atoms with Gasteiger partial charge in [-0.3, -0.25) is 0 Å². The van der Waals surface area contributed by atoms with Crippen molar-refractivity contribution >= 4 is 51.2 Å². The van der Waals surface area contributed by atoms with Gasteiger partial charge in [-0.15, -0.1) is 0 Å². The van der Waals surface area contributed by atoms with Crippen molar-refractivity contribution in [3.05, 3.63) is 142 Å². The molecule has 0 unspecified atom stereocenters. The molecule has 8 nitrogen and oxygen atoms in total. The van der Waals surface area contributed by atoms with Crippen LogP contribution in [0.15, 0.2) is 97.1 Å². The Hall–Kier alpha value is -4.32. The number of benzene rings is 4. The molecule has 0 atom stereocenters. The summed E-state index contributed by atoms with van der Waals surface area (Å²) in [6, 6.07) is 27.6. The van der Waals surface area contributed by atoms with E-state index >= 15 is 0 Å². The topological polar surface area (TPSA) is 161 Å². The molecule has 284 valence electrons. The van der Waals surface area contributed by atoms with Crippen molar-refractivity contribution in [3.63, 3.8) is 0 Å². The molecule has 0 amide bonds. The van der Waals surface area contributed by atoms with Crippen molar-refractivity contribution in [2.24, 2.45) is 0 Å². The van der Waals surface area contributed by atoms with Crippen LogP contribution in [-0.2, 0) is 25.7 Å². The summed E-state index contributed by atoms with van der Waals surface area (Å²) in [5.41, 5.74) is 5.75. The van der Waals surface area contributed by atoms with Gasteiger partial charge < -0.3 is 39.6 Å². The molecule has 0 heterocycles. The van der Waals surface area contributed by atoms with Gasteiger partial charge >= 0.3 is 0 Å². The zero-order chi connectivity index (χ0) is 38.7. The van der Waals surface area contributed by atoms with E-state index in [9.17, 15) is 39.6 Å². The quantitative estimate of drug-likeness (QED) is 0.139. The number of carbonyl (C=O) groups is 4. The van der Waals surface area contributed by atoms with E-state index in [1.165, 1.54) is 22.3 Å². The number of unbranched alkanes of at least 4 members (excludes halogenated alkanes) is 4. The van der Waals surface area contributed by atoms with E-state index in [1.54, 1.807) is 48.5 Å². The third-order valence-electron chi connectivity index (χ3n) is 8.03. The summed E-state index contributed by atoms with van der Waals surface area (Å²) >= 11 is 0. The standard InChI is InChI=1S/4C11H14O2.Pb/c4*1-2-3-4-9-5-7-10(8-6-9)11(12)13;/h4*5-8H,2-4H2,1H3,(H,12,13);/p-4. The summed E-state index contributed by atoms with van der Waals surface area (Å²) in [5, 5.41) is 41.7. The molecule has 0 spiro atoms. The maximum atomic E-state index is 10.4. The molecule has 0 aliphatic carbocycles. The Morgan fingerprint density at radius 2 is 0.491 bits per heavy atom. The Morgan fingerprint density at radius 1 is 0.340 bits per heavy atom. The maximum absolute atomic E-state index is 10.4. The summed E-state index contributed by atoms with van der Waals surface area (Å²) in [6.07, 6.45) is 13.3. The Morgan fingerprint density at radius 3 is 0.604 bits per heavy atom. The van der Waals surface area contributed by atoms with Gasteiger partial charge in [-0.1, -0.05) is 150 Å². The maximum Gasteiger partial charge on any atom is 0.0715 e. The second-order valence-electron chi connectivity index (χ2n) is 12.4. The fourth-order valence-corrected chi connectivity index (χ4v) is 4.75. The van der Waals surface area contributed by atoms with Crippen molar-refractivity contribution < 1.29 is 39.6 Å². The summed E-state index contributed by atoms with van der Waals surface area (Å²) < 4.78 is 0. The first-order valence-corrected chi connectivity index (χ1v) is 18.2. The van der Waals surface area contributed by atoms with E-state index in [-0.39, 0.29) is 49.6 Å². The molecular weight excluding hydrogens is 864 g/mol. The minimum Gasteiger partial charge on any atom is -0.545 e. The zero-order valence-corrected chi connectivity index (χ0v) is 35.4. The molecule has 0 saturated heterocycles. The van der Waals surface area contributed by atoms with Crippen molar-refractivity contribution in [3.8, 4) is 0 Å². The van der Waals surface area contributed by atoms with Crippen LogP contribution in [0.25, 0.3) is 0 Å². The zero-order valence-electron chi connectivity index (χ0n) is 31.5. The van der Waals surface area contributed by atoms with E-state index in [0.29, 0.717) is 0 Å². The molecular formula is C44H52O8Pb-4. The molecule has 4 aromatic rings. The largest absolute Gasteiger partial charge is 0.545 e. The smallest absolute Gasteiger partial charge is 0.0715 e. The van der Waals surface area contributed by atoms with Crippen LogP contribution in [0.2, 0.25) is 0 Å². The molecule has 0 fully saturated rings. The predicted molar refractivity (Wildman–Crippen MR) is 203 cm³/mol. The minimum absolute atomic E-state index is 0. The second-order valence-corrected chi connectivity index (χ2v) is 12.4. The van der Waals surface area contributed by atoms with E-state index in [2.05, 4.69) is 27.7 Å². The van der Waals surface area contributed by atoms with Crippen LogP contribution in [-0.4, -0.2) is 51.2 Å². The Labute approximate surface area is 335 Å². The van der Waals surface area contributed by atoms with E-state index in [0.717, 1.165) is 77.0 Å². The van der Waals surface area contributed by atoms with Crippen molar-refractivity contribution in [2.75, 3.05) is 0 Å². The Balaban J connectivity index is 0.000000676. The van der Waals surface area contributed by atoms with Gasteiger partial charge in [0.2, 0.25) is 0 Å². The normalized spacial score (nSPS) is 9.74. The molecule has 0 aliphatic rings. The first-order valence-electron chi connectivity index (χ1n) is 18.2. The summed E-state index contributed by atoms with van der Waals surface area (Å²) in [5.74, 6) is -4.44. The SMILES string of the molecule is CCCCc1ccc(C(=O)[O-])cc1.CCCCc1ccc(C(=O)[O-])cc1.CCCCc1ccc(C(=O)[O-])cc1.CCCCc1ccc(C(=O)[O-])cc1.[Pb]. The third-order valence-corrected chi connectivity index (χ3v) is 8.03. The molecule has 0 bridgehead atoms. The number of carboxylic acids is 4. The summed E-state index contributed by atoms with van der Waals surface area (Å²) in [6.45, 7) is 8.54. The van der Waals surface area contributed by atoms with E-state index in [4.69, 9.17) is 0 Å². The molecule has 0 N–H and O–H groups in total. The van der Waals surface area contributed by atoms with Gasteiger partial charge in [-0.2, -0.15) is 0 Å². The molecule has 0 saturated carbocycles. The van der Waals surface area contributed by atoms with E-state index < -0.39 is 23.9 Å². The molecule has 4 rings (SSSR count). The van der Waals surface area contributed by atoms with Gasteiger partial charge in [0.1, 0.15) is 0 Å². The molecule has 0 aliphatic heterocycles. The molecule has 9 heteroatoms. The monoisotopic (exact) mass is 916 g/mol. The van der Waals surface area contributed by atoms with Gasteiger partial charge in [0.05, 0.1) is 23.9 Å². The van der Waals surface area contributed by atoms with Crippen LogP contribution in [0.5, 0.6) is 0 Å². The number of carboxylic acid groups (broad SMARTS) is 4. The molecule has 0 aromatic heterocycles. The fourth-order valence-electron chi connectivity index (χ4n) is 4.75. The van der Waals surface area contributed by atoms with Crippen LogP contribution in [0.3, 0.4) is 0 Å². The third kappa shape index (κ3) is 21.7. The molecule has 4 radical (unpaired) electrons. The second kappa shape index (κ2) is 29.2. The minimum atomic E-state index is -1.11. The average Bonchev–Trinajstić information content (AvgIpc) is 3.16. The van der Waals surface area contributed by atoms with Crippen LogP contribution >= 0.6 is 0 Å². The van der Waals surface area contributed by atoms with Crippen LogP contribution in [0.4, 0.5) is 0 Å². The van der Waals surface area contributed by atoms with Gasteiger partial charge in [0, 0.05) is 27.3 Å². The Kier molecular flexibility index (Phi) is 26.8. The molecule has 53 heavy (non-hydrogen) atoms. The number of carbonyl (C=O) groups excluding carboxylic acids is 4. The van der Waals surface area contributed by atoms with Gasteiger partial charge in [0.25, 0.3) is 0 Å². The summed E-state index contributed by atoms with van der Waals surface area (Å²) in [7, 11) is 0. The first-order chi connectivity index (χ1) is 24.9. The number of aryl methyl sites for hydroxylation is 4. The van der Waals surface area contributed by atoms with Gasteiger partial charge in [-0.25, -0.2) is 0 Å². The van der Waals surface area contributed by atoms with Crippen molar-refractivity contribution in [2.45, 2.75) is 105 Å². The summed E-state index contributed by atoms with van der Waals surface area (Å²) in [4.78, 5) is 41.7. The number of hydrogen-bond acceptors (Lipinski definition) is 8. The van der Waals surface area contributed by atoms with Crippen molar-refractivity contribution in [1.82, 2.24) is 0 Å². The fraction of sp³-hybridized carbons (Fsp3) is 0.364. The van der Waals surface area contributed by atoms with Crippen LogP contribution in [0, 0.1) is 0 Å². The molecule has 4 aromatic carbocycles. The van der Waals surface area contributed by atoms with Crippen molar-refractivity contribution in [1.29, 1.82) is 0 Å². The van der Waals surface area contributed by atoms with Gasteiger partial charge in [-0.05, 0) is 95.9 Å².